The number of pyridine rings is 1. The number of nitrogens with zero attached hydrogens (tertiary/aromatic N) is 7. The number of fused-ring (bicyclic) bond motifs is 8. The largest absolute Gasteiger partial charge is 0.464 e. The second-order valence-electron chi connectivity index (χ2n) is 19.1. The van der Waals surface area contributed by atoms with E-state index in [1.165, 1.54) is 27.3 Å². The standard InChI is InChI=1S/C49H63N9O7S/c1-11-38(59)54(8)35-19-22-57(28(35)5)48(63)55(9)42(27(3)4)45(60)52-33-24-37-51-34(25-66-37)29-17-18-36-31(23-29)39-40(44(64-10)41-30(15-13-20-50-41)43(39)56(36)12-2)49(6,7)26-65-47(62)32-16-14-21-58(53-32)46(33)61/h11,13,15,17-18,20,23,25,27-28,32-33,35,40,42,44,53H,1,12,14,16,19,21-22,24,26H2,2-10H3,(H,52,60)/t28-,32+,33+,35-,40?,42+,44+/m1/s1. The molecule has 7 atom stereocenters. The fourth-order valence-electron chi connectivity index (χ4n) is 10.9. The van der Waals surface area contributed by atoms with Gasteiger partial charge in [-0.3, -0.25) is 29.2 Å². The predicted octanol–water partition coefficient (Wildman–Crippen LogP) is 5.92. The Labute approximate surface area is 390 Å². The lowest BCUT2D eigenvalue weighted by Gasteiger charge is -2.42. The van der Waals surface area contributed by atoms with Crippen LogP contribution in [0, 0.1) is 11.3 Å². The number of aryl methyl sites for hydroxylation is 1. The first kappa shape index (κ1) is 46.9. The van der Waals surface area contributed by atoms with Crippen molar-refractivity contribution in [3.8, 4) is 22.5 Å². The quantitative estimate of drug-likeness (QED) is 0.160. The molecule has 3 aliphatic heterocycles. The number of hydrazine groups is 1. The first-order valence-corrected chi connectivity index (χ1v) is 23.9. The summed E-state index contributed by atoms with van der Waals surface area (Å²) in [5, 5.41) is 8.10. The van der Waals surface area contributed by atoms with Gasteiger partial charge in [0.2, 0.25) is 11.8 Å². The molecule has 352 valence electrons. The van der Waals surface area contributed by atoms with Crippen LogP contribution in [-0.2, 0) is 41.6 Å². The van der Waals surface area contributed by atoms with E-state index in [9.17, 15) is 24.0 Å². The van der Waals surface area contributed by atoms with E-state index in [-0.39, 0.29) is 48.9 Å². The second kappa shape index (κ2) is 18.6. The zero-order chi connectivity index (χ0) is 47.4. The van der Waals surface area contributed by atoms with E-state index >= 15 is 0 Å². The average Bonchev–Trinajstić information content (AvgIpc) is 4.03. The number of esters is 1. The molecular formula is C49H63N9O7S. The lowest BCUT2D eigenvalue weighted by molar-refractivity contribution is -0.156. The van der Waals surface area contributed by atoms with Crippen LogP contribution < -0.4 is 10.7 Å². The highest BCUT2D eigenvalue weighted by atomic mass is 32.1. The summed E-state index contributed by atoms with van der Waals surface area (Å²) in [6, 6.07) is 6.71. The van der Waals surface area contributed by atoms with Crippen LogP contribution in [0.4, 0.5) is 4.79 Å². The Morgan fingerprint density at radius 3 is 2.64 bits per heavy atom. The van der Waals surface area contributed by atoms with E-state index in [1.807, 2.05) is 32.2 Å². The molecule has 0 saturated carbocycles. The summed E-state index contributed by atoms with van der Waals surface area (Å²) in [4.78, 5) is 84.7. The number of amides is 5. The third-order valence-electron chi connectivity index (χ3n) is 14.3. The van der Waals surface area contributed by atoms with Crippen molar-refractivity contribution < 1.29 is 33.4 Å². The van der Waals surface area contributed by atoms with E-state index in [0.717, 1.165) is 44.7 Å². The van der Waals surface area contributed by atoms with E-state index in [4.69, 9.17) is 19.4 Å². The minimum Gasteiger partial charge on any atom is -0.464 e. The second-order valence-corrected chi connectivity index (χ2v) is 20.1. The normalized spacial score (nSPS) is 24.3. The van der Waals surface area contributed by atoms with Gasteiger partial charge in [0, 0.05) is 92.2 Å². The van der Waals surface area contributed by atoms with Crippen molar-refractivity contribution in [3.05, 3.63) is 70.8 Å². The molecule has 6 bridgehead atoms. The maximum absolute atomic E-state index is 14.7. The van der Waals surface area contributed by atoms with Crippen LogP contribution in [0.3, 0.4) is 0 Å². The van der Waals surface area contributed by atoms with E-state index in [2.05, 4.69) is 66.9 Å². The van der Waals surface area contributed by atoms with Crippen molar-refractivity contribution in [1.29, 1.82) is 0 Å². The summed E-state index contributed by atoms with van der Waals surface area (Å²) in [7, 11) is 5.01. The number of ether oxygens (including phenoxy) is 2. The van der Waals surface area contributed by atoms with Crippen molar-refractivity contribution in [1.82, 2.24) is 45.0 Å². The monoisotopic (exact) mass is 921 g/mol. The maximum Gasteiger partial charge on any atom is 0.324 e. The van der Waals surface area contributed by atoms with Crippen LogP contribution >= 0.6 is 11.3 Å². The number of urea groups is 1. The predicted molar refractivity (Wildman–Crippen MR) is 252 cm³/mol. The van der Waals surface area contributed by atoms with Crippen molar-refractivity contribution in [2.75, 3.05) is 40.9 Å². The van der Waals surface area contributed by atoms with Gasteiger partial charge >= 0.3 is 12.0 Å². The Morgan fingerprint density at radius 1 is 1.15 bits per heavy atom. The highest BCUT2D eigenvalue weighted by molar-refractivity contribution is 7.10. The van der Waals surface area contributed by atoms with Crippen LogP contribution in [0.1, 0.15) is 89.1 Å². The molecule has 16 nitrogen and oxygen atoms in total. The number of hydrogen-bond acceptors (Lipinski definition) is 11. The molecule has 17 heteroatoms. The fourth-order valence-corrected chi connectivity index (χ4v) is 11.7. The highest BCUT2D eigenvalue weighted by Crippen LogP contribution is 2.57. The molecule has 1 aliphatic carbocycles. The number of likely N-dealkylation sites (N-methyl/N-ethyl adjacent to an activating group) is 2. The van der Waals surface area contributed by atoms with Crippen molar-refractivity contribution in [2.24, 2.45) is 11.3 Å². The van der Waals surface area contributed by atoms with Gasteiger partial charge in [-0.05, 0) is 74.9 Å². The van der Waals surface area contributed by atoms with Crippen molar-refractivity contribution in [3.63, 3.8) is 0 Å². The smallest absolute Gasteiger partial charge is 0.324 e. The number of nitrogens with one attached hydrogen (secondary N) is 2. The zero-order valence-corrected chi connectivity index (χ0v) is 40.3. The summed E-state index contributed by atoms with van der Waals surface area (Å²) in [5.74, 6) is -2.23. The number of rotatable bonds is 8. The third-order valence-corrected chi connectivity index (χ3v) is 15.1. The number of thiazole rings is 1. The molecule has 1 unspecified atom stereocenters. The number of cyclic esters (lactones) is 1. The van der Waals surface area contributed by atoms with Crippen LogP contribution in [-0.4, -0.2) is 135 Å². The molecule has 2 fully saturated rings. The summed E-state index contributed by atoms with van der Waals surface area (Å²) in [5.41, 5.74) is 9.20. The Bertz CT molecular complexity index is 2550. The Balaban J connectivity index is 1.16. The van der Waals surface area contributed by atoms with Gasteiger partial charge in [0.05, 0.1) is 40.8 Å². The van der Waals surface area contributed by atoms with Gasteiger partial charge in [0.1, 0.15) is 24.2 Å². The van der Waals surface area contributed by atoms with Crippen molar-refractivity contribution >= 4 is 52.0 Å². The van der Waals surface area contributed by atoms with E-state index < -0.39 is 47.4 Å². The molecular weight excluding hydrogens is 859 g/mol. The Hall–Kier alpha value is -5.65. The molecule has 4 aliphatic rings. The van der Waals surface area contributed by atoms with Gasteiger partial charge in [-0.2, -0.15) is 0 Å². The minimum atomic E-state index is -1.09. The van der Waals surface area contributed by atoms with Crippen LogP contribution in [0.5, 0.6) is 0 Å². The Kier molecular flexibility index (Phi) is 13.2. The van der Waals surface area contributed by atoms with Crippen molar-refractivity contribution in [2.45, 2.75) is 116 Å². The number of hydrogen-bond donors (Lipinski definition) is 2. The summed E-state index contributed by atoms with van der Waals surface area (Å²) < 4.78 is 14.9. The maximum atomic E-state index is 14.7. The molecule has 2 saturated heterocycles. The fraction of sp³-hybridized carbons (Fsp3) is 0.531. The van der Waals surface area contributed by atoms with E-state index in [1.54, 1.807) is 37.2 Å². The van der Waals surface area contributed by atoms with Crippen LogP contribution in [0.2, 0.25) is 0 Å². The Morgan fingerprint density at radius 2 is 1.92 bits per heavy atom. The first-order valence-electron chi connectivity index (χ1n) is 23.1. The molecule has 66 heavy (non-hydrogen) atoms. The average molecular weight is 922 g/mol. The van der Waals surface area contributed by atoms with Gasteiger partial charge in [0.15, 0.2) is 0 Å². The molecule has 6 heterocycles. The molecule has 0 spiro atoms. The molecule has 3 aromatic heterocycles. The summed E-state index contributed by atoms with van der Waals surface area (Å²) in [6.45, 7) is 17.0. The van der Waals surface area contributed by atoms with Gasteiger partial charge in [-0.15, -0.1) is 11.3 Å². The van der Waals surface area contributed by atoms with Gasteiger partial charge in [-0.1, -0.05) is 40.3 Å². The van der Waals surface area contributed by atoms with E-state index in [0.29, 0.717) is 43.9 Å². The topological polar surface area (TPSA) is 172 Å². The van der Waals surface area contributed by atoms with Gasteiger partial charge < -0.3 is 34.1 Å². The number of carbonyl (C=O) groups excluding carboxylic acids is 5. The highest BCUT2D eigenvalue weighted by Gasteiger charge is 2.48. The minimum absolute atomic E-state index is 0.0684. The van der Waals surface area contributed by atoms with Crippen LogP contribution in [0.15, 0.2) is 54.6 Å². The molecule has 0 radical (unpaired) electrons. The number of benzene rings is 1. The summed E-state index contributed by atoms with van der Waals surface area (Å²) in [6.07, 6.45) is 4.24. The zero-order valence-electron chi connectivity index (χ0n) is 39.5. The lowest BCUT2D eigenvalue weighted by atomic mass is 9.67. The molecule has 8 rings (SSSR count). The third kappa shape index (κ3) is 8.27. The number of carbonyl (C=O) groups is 5. The first-order chi connectivity index (χ1) is 31.5. The summed E-state index contributed by atoms with van der Waals surface area (Å²) >= 11 is 1.41. The number of aromatic nitrogens is 3. The van der Waals surface area contributed by atoms with Crippen LogP contribution in [0.25, 0.3) is 33.4 Å². The number of likely N-dealkylation sites (tertiary alicyclic amines) is 1. The lowest BCUT2D eigenvalue weighted by Crippen LogP contribution is -2.62. The molecule has 4 aromatic rings. The number of methoxy groups -OCH3 is 1. The van der Waals surface area contributed by atoms with Gasteiger partial charge in [0.25, 0.3) is 5.91 Å². The van der Waals surface area contributed by atoms with Gasteiger partial charge in [-0.25, -0.2) is 15.2 Å². The molecule has 2 N–H and O–H groups in total. The SMILES string of the molecule is C=CC(=O)N(C)[C@@H]1CCN(C(=O)N(C)[C@H](C(=O)N[C@H]2Cc3nc(cs3)-c3ccc4c(c3)c3c(n4CC)-c4cccnc4[C@@H](OC)C3C(C)(C)COC(=O)[C@@H]3CCCN(N3)C2=O)C(C)C)[C@@H]1C. The molecule has 5 amide bonds. The molecule has 1 aromatic carbocycles.